The number of hydrogen-bond acceptors (Lipinski definition) is 3. The van der Waals surface area contributed by atoms with Crippen LogP contribution in [0.15, 0.2) is 24.3 Å². The van der Waals surface area contributed by atoms with E-state index in [2.05, 4.69) is 10.6 Å². The largest absolute Gasteiger partial charge is 0.354 e. The van der Waals surface area contributed by atoms with Crippen LogP contribution in [-0.4, -0.2) is 37.4 Å². The van der Waals surface area contributed by atoms with Gasteiger partial charge in [0.1, 0.15) is 0 Å². The molecule has 1 fully saturated rings. The molecule has 2 N–H and O–H groups in total. The number of carbonyl (C=O) groups excluding carboxylic acids is 3. The van der Waals surface area contributed by atoms with E-state index in [1.165, 1.54) is 0 Å². The molecule has 1 aliphatic heterocycles. The number of anilines is 1. The van der Waals surface area contributed by atoms with Crippen molar-refractivity contribution in [2.24, 2.45) is 11.8 Å². The molecule has 1 aromatic rings. The summed E-state index contributed by atoms with van der Waals surface area (Å²) in [6, 6.07) is 7.08. The molecule has 0 spiro atoms. The van der Waals surface area contributed by atoms with Crippen molar-refractivity contribution in [2.45, 2.75) is 20.3 Å². The summed E-state index contributed by atoms with van der Waals surface area (Å²) in [5, 5.41) is 5.98. The van der Waals surface area contributed by atoms with Crippen molar-refractivity contribution < 1.29 is 14.4 Å². The highest BCUT2D eigenvalue weighted by Gasteiger charge is 2.35. The third-order valence-electron chi connectivity index (χ3n) is 3.89. The molecule has 1 atom stereocenters. The number of carbonyl (C=O) groups is 3. The molecular formula is C17H22ClN3O3. The van der Waals surface area contributed by atoms with E-state index in [-0.39, 0.29) is 30.1 Å². The third-order valence-corrected chi connectivity index (χ3v) is 4.21. The van der Waals surface area contributed by atoms with Crippen LogP contribution in [0.2, 0.25) is 5.02 Å². The Kier molecular flexibility index (Phi) is 6.20. The van der Waals surface area contributed by atoms with Gasteiger partial charge in [0.2, 0.25) is 17.7 Å². The minimum atomic E-state index is -0.408. The minimum absolute atomic E-state index is 0.0508. The number of benzene rings is 1. The Bertz CT molecular complexity index is 633. The van der Waals surface area contributed by atoms with E-state index < -0.39 is 5.92 Å². The Labute approximate surface area is 146 Å². The van der Waals surface area contributed by atoms with Crippen molar-refractivity contribution in [1.29, 1.82) is 0 Å². The summed E-state index contributed by atoms with van der Waals surface area (Å²) in [5.41, 5.74) is 0.628. The SMILES string of the molecule is CC(C)C(=O)NCCNC(=O)C1CC(=O)N(c2ccccc2Cl)C1. The van der Waals surface area contributed by atoms with Gasteiger partial charge < -0.3 is 15.5 Å². The van der Waals surface area contributed by atoms with Crippen molar-refractivity contribution in [3.63, 3.8) is 0 Å². The summed E-state index contributed by atoms with van der Waals surface area (Å²) in [6.07, 6.45) is 0.162. The van der Waals surface area contributed by atoms with Gasteiger partial charge in [-0.2, -0.15) is 0 Å². The van der Waals surface area contributed by atoms with Crippen LogP contribution in [0.5, 0.6) is 0 Å². The van der Waals surface area contributed by atoms with Gasteiger partial charge in [0.25, 0.3) is 0 Å². The Balaban J connectivity index is 1.84. The Morgan fingerprint density at radius 2 is 1.92 bits per heavy atom. The van der Waals surface area contributed by atoms with Crippen LogP contribution in [0.4, 0.5) is 5.69 Å². The minimum Gasteiger partial charge on any atom is -0.354 e. The number of hydrogen-bond donors (Lipinski definition) is 2. The first kappa shape index (κ1) is 18.3. The highest BCUT2D eigenvalue weighted by molar-refractivity contribution is 6.33. The zero-order valence-corrected chi connectivity index (χ0v) is 14.6. The van der Waals surface area contributed by atoms with Gasteiger partial charge in [-0.3, -0.25) is 14.4 Å². The average molecular weight is 352 g/mol. The average Bonchev–Trinajstić information content (AvgIpc) is 2.93. The number of amides is 3. The van der Waals surface area contributed by atoms with Gasteiger partial charge in [-0.25, -0.2) is 0 Å². The second-order valence-corrected chi connectivity index (χ2v) is 6.50. The van der Waals surface area contributed by atoms with Gasteiger partial charge in [0.05, 0.1) is 16.6 Å². The lowest BCUT2D eigenvalue weighted by atomic mass is 10.1. The van der Waals surface area contributed by atoms with Crippen molar-refractivity contribution in [3.8, 4) is 0 Å². The zero-order valence-electron chi connectivity index (χ0n) is 13.8. The molecule has 1 aliphatic rings. The molecule has 0 radical (unpaired) electrons. The fraction of sp³-hybridized carbons (Fsp3) is 0.471. The molecule has 0 saturated carbocycles. The predicted octanol–water partition coefficient (Wildman–Crippen LogP) is 1.58. The van der Waals surface area contributed by atoms with Crippen LogP contribution in [0.3, 0.4) is 0 Å². The van der Waals surface area contributed by atoms with Gasteiger partial charge in [-0.05, 0) is 12.1 Å². The molecule has 130 valence electrons. The number of para-hydroxylation sites is 1. The van der Waals surface area contributed by atoms with E-state index in [1.807, 2.05) is 0 Å². The molecule has 1 unspecified atom stereocenters. The van der Waals surface area contributed by atoms with Gasteiger partial charge in [0, 0.05) is 32.0 Å². The molecule has 0 aliphatic carbocycles. The topological polar surface area (TPSA) is 78.5 Å². The number of rotatable bonds is 6. The maximum Gasteiger partial charge on any atom is 0.227 e. The summed E-state index contributed by atoms with van der Waals surface area (Å²) >= 11 is 6.12. The summed E-state index contributed by atoms with van der Waals surface area (Å²) in [5.74, 6) is -0.842. The summed E-state index contributed by atoms with van der Waals surface area (Å²) < 4.78 is 0. The van der Waals surface area contributed by atoms with E-state index >= 15 is 0 Å². The van der Waals surface area contributed by atoms with Crippen molar-refractivity contribution in [2.75, 3.05) is 24.5 Å². The van der Waals surface area contributed by atoms with Crippen LogP contribution in [0.25, 0.3) is 0 Å². The van der Waals surface area contributed by atoms with Crippen molar-refractivity contribution in [3.05, 3.63) is 29.3 Å². The maximum absolute atomic E-state index is 12.2. The lowest BCUT2D eigenvalue weighted by Gasteiger charge is -2.18. The molecule has 1 heterocycles. The molecule has 1 saturated heterocycles. The Hall–Kier alpha value is -2.08. The molecule has 7 heteroatoms. The molecule has 6 nitrogen and oxygen atoms in total. The first-order valence-corrected chi connectivity index (χ1v) is 8.38. The zero-order chi connectivity index (χ0) is 17.7. The number of nitrogens with zero attached hydrogens (tertiary/aromatic N) is 1. The predicted molar refractivity (Wildman–Crippen MR) is 92.8 cm³/mol. The smallest absolute Gasteiger partial charge is 0.227 e. The van der Waals surface area contributed by atoms with Crippen LogP contribution in [0, 0.1) is 11.8 Å². The lowest BCUT2D eigenvalue weighted by Crippen LogP contribution is -2.39. The van der Waals surface area contributed by atoms with Gasteiger partial charge in [-0.1, -0.05) is 37.6 Å². The Morgan fingerprint density at radius 1 is 1.25 bits per heavy atom. The lowest BCUT2D eigenvalue weighted by molar-refractivity contribution is -0.126. The van der Waals surface area contributed by atoms with Crippen LogP contribution < -0.4 is 15.5 Å². The molecule has 24 heavy (non-hydrogen) atoms. The number of nitrogens with one attached hydrogen (secondary N) is 2. The first-order valence-electron chi connectivity index (χ1n) is 8.00. The van der Waals surface area contributed by atoms with E-state index in [1.54, 1.807) is 43.0 Å². The van der Waals surface area contributed by atoms with Crippen LogP contribution >= 0.6 is 11.6 Å². The number of halogens is 1. The van der Waals surface area contributed by atoms with Crippen molar-refractivity contribution in [1.82, 2.24) is 10.6 Å². The highest BCUT2D eigenvalue weighted by atomic mass is 35.5. The quantitative estimate of drug-likeness (QED) is 0.764. The van der Waals surface area contributed by atoms with Crippen LogP contribution in [-0.2, 0) is 14.4 Å². The summed E-state index contributed by atoms with van der Waals surface area (Å²) in [6.45, 7) is 4.64. The second kappa shape index (κ2) is 8.15. The monoisotopic (exact) mass is 351 g/mol. The first-order chi connectivity index (χ1) is 11.4. The third kappa shape index (κ3) is 4.47. The molecule has 2 rings (SSSR count). The summed E-state index contributed by atoms with van der Waals surface area (Å²) in [7, 11) is 0. The maximum atomic E-state index is 12.2. The normalized spacial score (nSPS) is 17.2. The molecule has 1 aromatic carbocycles. The van der Waals surface area contributed by atoms with E-state index in [0.29, 0.717) is 30.3 Å². The molecular weight excluding hydrogens is 330 g/mol. The highest BCUT2D eigenvalue weighted by Crippen LogP contribution is 2.30. The van der Waals surface area contributed by atoms with Gasteiger partial charge >= 0.3 is 0 Å². The molecule has 0 bridgehead atoms. The van der Waals surface area contributed by atoms with Gasteiger partial charge in [0.15, 0.2) is 0 Å². The van der Waals surface area contributed by atoms with E-state index in [4.69, 9.17) is 11.6 Å². The van der Waals surface area contributed by atoms with E-state index in [9.17, 15) is 14.4 Å². The molecule has 0 aromatic heterocycles. The van der Waals surface area contributed by atoms with Gasteiger partial charge in [-0.15, -0.1) is 0 Å². The van der Waals surface area contributed by atoms with E-state index in [0.717, 1.165) is 0 Å². The second-order valence-electron chi connectivity index (χ2n) is 6.09. The Morgan fingerprint density at radius 3 is 2.58 bits per heavy atom. The molecule has 3 amide bonds. The summed E-state index contributed by atoms with van der Waals surface area (Å²) in [4.78, 5) is 37.3. The fourth-order valence-electron chi connectivity index (χ4n) is 2.51. The van der Waals surface area contributed by atoms with Crippen molar-refractivity contribution >= 4 is 35.0 Å². The van der Waals surface area contributed by atoms with Crippen LogP contribution in [0.1, 0.15) is 20.3 Å². The standard InChI is InChI=1S/C17H22ClN3O3/c1-11(2)16(23)19-7-8-20-17(24)12-9-15(22)21(10-12)14-6-4-3-5-13(14)18/h3-6,11-12H,7-10H2,1-2H3,(H,19,23)(H,20,24). The fourth-order valence-corrected chi connectivity index (χ4v) is 2.74.